The minimum atomic E-state index is -3.44. The number of likely N-dealkylation sites (N-methyl/N-ethyl adjacent to an activating group) is 2. The van der Waals surface area contributed by atoms with E-state index < -0.39 is 10.2 Å². The monoisotopic (exact) mass is 301 g/mol. The van der Waals surface area contributed by atoms with Crippen LogP contribution in [0.4, 0.5) is 0 Å². The van der Waals surface area contributed by atoms with Gasteiger partial charge in [0.2, 0.25) is 0 Å². The first-order valence-electron chi connectivity index (χ1n) is 6.37. The lowest BCUT2D eigenvalue weighted by molar-refractivity contribution is 0.386. The van der Waals surface area contributed by atoms with Crippen molar-refractivity contribution in [3.05, 3.63) is 29.8 Å². The Labute approximate surface area is 121 Å². The molecule has 0 saturated carbocycles. The Morgan fingerprint density at radius 3 is 2.55 bits per heavy atom. The molecule has 0 heterocycles. The molecular formula is C13H23N3O3S. The van der Waals surface area contributed by atoms with Crippen molar-refractivity contribution in [1.82, 2.24) is 13.9 Å². The highest BCUT2D eigenvalue weighted by atomic mass is 32.2. The average molecular weight is 301 g/mol. The van der Waals surface area contributed by atoms with Crippen molar-refractivity contribution in [1.29, 1.82) is 0 Å². The van der Waals surface area contributed by atoms with E-state index in [0.717, 1.165) is 11.3 Å². The number of nitrogens with one attached hydrogen (secondary N) is 1. The van der Waals surface area contributed by atoms with Crippen molar-refractivity contribution in [3.8, 4) is 5.75 Å². The molecule has 0 spiro atoms. The van der Waals surface area contributed by atoms with Crippen LogP contribution in [0.25, 0.3) is 0 Å². The van der Waals surface area contributed by atoms with E-state index in [2.05, 4.69) is 5.32 Å². The lowest BCUT2D eigenvalue weighted by atomic mass is 10.2. The SMILES string of the molecule is CNCCN(C)S(=O)(=O)N(C)Cc1cccc(OC)c1. The molecule has 0 amide bonds. The molecule has 0 radical (unpaired) electrons. The Kier molecular flexibility index (Phi) is 6.41. The molecule has 20 heavy (non-hydrogen) atoms. The van der Waals surface area contributed by atoms with Crippen molar-refractivity contribution >= 4 is 10.2 Å². The zero-order valence-electron chi connectivity index (χ0n) is 12.5. The van der Waals surface area contributed by atoms with E-state index in [4.69, 9.17) is 4.74 Å². The van der Waals surface area contributed by atoms with E-state index in [0.29, 0.717) is 19.6 Å². The summed E-state index contributed by atoms with van der Waals surface area (Å²) in [6.45, 7) is 1.35. The lowest BCUT2D eigenvalue weighted by Crippen LogP contribution is -2.41. The van der Waals surface area contributed by atoms with Crippen molar-refractivity contribution < 1.29 is 13.2 Å². The summed E-state index contributed by atoms with van der Waals surface area (Å²) in [5, 5.41) is 2.93. The molecule has 1 rings (SSSR count). The van der Waals surface area contributed by atoms with Gasteiger partial charge in [0.15, 0.2) is 0 Å². The molecule has 0 unspecified atom stereocenters. The second-order valence-corrected chi connectivity index (χ2v) is 6.68. The van der Waals surface area contributed by atoms with E-state index in [9.17, 15) is 8.42 Å². The Bertz CT molecular complexity index is 519. The number of hydrogen-bond acceptors (Lipinski definition) is 4. The second kappa shape index (κ2) is 7.58. The maximum atomic E-state index is 12.3. The molecule has 1 aromatic carbocycles. The fourth-order valence-electron chi connectivity index (χ4n) is 1.73. The first-order valence-corrected chi connectivity index (χ1v) is 7.76. The number of methoxy groups -OCH3 is 1. The number of ether oxygens (including phenoxy) is 1. The van der Waals surface area contributed by atoms with E-state index in [1.807, 2.05) is 24.3 Å². The second-order valence-electron chi connectivity index (χ2n) is 4.54. The van der Waals surface area contributed by atoms with Crippen LogP contribution < -0.4 is 10.1 Å². The highest BCUT2D eigenvalue weighted by Crippen LogP contribution is 2.15. The van der Waals surface area contributed by atoms with E-state index in [1.54, 1.807) is 28.3 Å². The van der Waals surface area contributed by atoms with Crippen molar-refractivity contribution in [2.24, 2.45) is 0 Å². The zero-order valence-corrected chi connectivity index (χ0v) is 13.3. The molecule has 7 heteroatoms. The number of hydrogen-bond donors (Lipinski definition) is 1. The minimum Gasteiger partial charge on any atom is -0.497 e. The Morgan fingerprint density at radius 1 is 1.25 bits per heavy atom. The van der Waals surface area contributed by atoms with Gasteiger partial charge in [-0.2, -0.15) is 17.0 Å². The normalized spacial score (nSPS) is 12.1. The molecule has 0 aliphatic heterocycles. The van der Waals surface area contributed by atoms with Gasteiger partial charge >= 0.3 is 0 Å². The molecule has 0 fully saturated rings. The summed E-state index contributed by atoms with van der Waals surface area (Å²) < 4.78 is 32.4. The Morgan fingerprint density at radius 2 is 1.95 bits per heavy atom. The van der Waals surface area contributed by atoms with Gasteiger partial charge in [0, 0.05) is 33.7 Å². The number of rotatable bonds is 8. The first kappa shape index (κ1) is 16.9. The molecule has 0 atom stereocenters. The van der Waals surface area contributed by atoms with Crippen LogP contribution >= 0.6 is 0 Å². The number of benzene rings is 1. The third-order valence-corrected chi connectivity index (χ3v) is 4.89. The van der Waals surface area contributed by atoms with Gasteiger partial charge in [-0.15, -0.1) is 0 Å². The van der Waals surface area contributed by atoms with Crippen molar-refractivity contribution in [2.45, 2.75) is 6.54 Å². The fourth-order valence-corrected chi connectivity index (χ4v) is 2.84. The number of nitrogens with zero attached hydrogens (tertiary/aromatic N) is 2. The summed E-state index contributed by atoms with van der Waals surface area (Å²) in [6.07, 6.45) is 0. The topological polar surface area (TPSA) is 61.9 Å². The zero-order chi connectivity index (χ0) is 15.2. The van der Waals surface area contributed by atoms with E-state index in [1.165, 1.54) is 8.61 Å². The van der Waals surface area contributed by atoms with E-state index >= 15 is 0 Å². The third kappa shape index (κ3) is 4.45. The van der Waals surface area contributed by atoms with Gasteiger partial charge in [-0.1, -0.05) is 12.1 Å². The van der Waals surface area contributed by atoms with Gasteiger partial charge in [-0.05, 0) is 24.7 Å². The third-order valence-electron chi connectivity index (χ3n) is 3.00. The minimum absolute atomic E-state index is 0.309. The highest BCUT2D eigenvalue weighted by Gasteiger charge is 2.23. The van der Waals surface area contributed by atoms with Crippen LogP contribution in [0.3, 0.4) is 0 Å². The summed E-state index contributed by atoms with van der Waals surface area (Å²) in [5.74, 6) is 0.719. The summed E-state index contributed by atoms with van der Waals surface area (Å²) in [7, 11) is 3.09. The summed E-state index contributed by atoms with van der Waals surface area (Å²) in [5.41, 5.74) is 0.887. The Balaban J connectivity index is 2.75. The largest absolute Gasteiger partial charge is 0.497 e. The van der Waals surface area contributed by atoms with Crippen LogP contribution in [-0.4, -0.2) is 58.4 Å². The highest BCUT2D eigenvalue weighted by molar-refractivity contribution is 7.86. The summed E-state index contributed by atoms with van der Waals surface area (Å²) >= 11 is 0. The van der Waals surface area contributed by atoms with Gasteiger partial charge in [-0.3, -0.25) is 0 Å². The average Bonchev–Trinajstić information content (AvgIpc) is 2.44. The maximum Gasteiger partial charge on any atom is 0.281 e. The van der Waals surface area contributed by atoms with Gasteiger partial charge < -0.3 is 10.1 Å². The van der Waals surface area contributed by atoms with Gasteiger partial charge in [0.05, 0.1) is 7.11 Å². The fraction of sp³-hybridized carbons (Fsp3) is 0.538. The van der Waals surface area contributed by atoms with Crippen LogP contribution in [0, 0.1) is 0 Å². The molecule has 6 nitrogen and oxygen atoms in total. The van der Waals surface area contributed by atoms with Crippen LogP contribution in [-0.2, 0) is 16.8 Å². The summed E-state index contributed by atoms with van der Waals surface area (Å²) in [4.78, 5) is 0. The standard InChI is InChI=1S/C13H23N3O3S/c1-14-8-9-15(2)20(17,18)16(3)11-12-6-5-7-13(10-12)19-4/h5-7,10,14H,8-9,11H2,1-4H3. The van der Waals surface area contributed by atoms with Gasteiger partial charge in [0.1, 0.15) is 5.75 Å². The van der Waals surface area contributed by atoms with Crippen LogP contribution in [0.2, 0.25) is 0 Å². The molecule has 0 saturated heterocycles. The molecule has 0 bridgehead atoms. The molecular weight excluding hydrogens is 278 g/mol. The van der Waals surface area contributed by atoms with Crippen molar-refractivity contribution in [3.63, 3.8) is 0 Å². The van der Waals surface area contributed by atoms with Crippen LogP contribution in [0.1, 0.15) is 5.56 Å². The Hall–Kier alpha value is -1.15. The molecule has 0 aliphatic carbocycles. The quantitative estimate of drug-likeness (QED) is 0.760. The van der Waals surface area contributed by atoms with E-state index in [-0.39, 0.29) is 0 Å². The molecule has 0 aliphatic rings. The van der Waals surface area contributed by atoms with Crippen LogP contribution in [0.15, 0.2) is 24.3 Å². The predicted molar refractivity (Wildman–Crippen MR) is 79.9 cm³/mol. The predicted octanol–water partition coefficient (Wildman–Crippen LogP) is 0.523. The molecule has 114 valence electrons. The van der Waals surface area contributed by atoms with Gasteiger partial charge in [-0.25, -0.2) is 0 Å². The summed E-state index contributed by atoms with van der Waals surface area (Å²) in [6, 6.07) is 7.39. The molecule has 0 aromatic heterocycles. The molecule has 1 aromatic rings. The first-order chi connectivity index (χ1) is 9.41. The maximum absolute atomic E-state index is 12.3. The van der Waals surface area contributed by atoms with Crippen molar-refractivity contribution in [2.75, 3.05) is 41.3 Å². The van der Waals surface area contributed by atoms with Gasteiger partial charge in [0.25, 0.3) is 10.2 Å². The smallest absolute Gasteiger partial charge is 0.281 e. The molecule has 1 N–H and O–H groups in total. The van der Waals surface area contributed by atoms with Crippen LogP contribution in [0.5, 0.6) is 5.75 Å². The lowest BCUT2D eigenvalue weighted by Gasteiger charge is -2.24.